The number of rotatable bonds is 7. The van der Waals surface area contributed by atoms with Gasteiger partial charge in [-0.05, 0) is 29.0 Å². The van der Waals surface area contributed by atoms with Gasteiger partial charge in [-0.2, -0.15) is 0 Å². The number of nitrogens with two attached hydrogens (primary N) is 1. The minimum absolute atomic E-state index is 0.0857. The molecule has 4 rings (SSSR count). The van der Waals surface area contributed by atoms with Crippen molar-refractivity contribution in [1.29, 1.82) is 0 Å². The van der Waals surface area contributed by atoms with Crippen LogP contribution in [0, 0.1) is 0 Å². The van der Waals surface area contributed by atoms with Gasteiger partial charge in [0.25, 0.3) is 0 Å². The van der Waals surface area contributed by atoms with E-state index in [4.69, 9.17) is 10.3 Å². The number of carbonyl (C=O) groups is 1. The van der Waals surface area contributed by atoms with Gasteiger partial charge in [-0.3, -0.25) is 4.79 Å². The number of nitrogens with zero attached hydrogens (tertiary/aromatic N) is 4. The van der Waals surface area contributed by atoms with Crippen LogP contribution in [-0.4, -0.2) is 30.8 Å². The van der Waals surface area contributed by atoms with E-state index in [9.17, 15) is 9.90 Å². The van der Waals surface area contributed by atoms with Gasteiger partial charge in [0, 0.05) is 24.0 Å². The molecule has 0 amide bonds. The third kappa shape index (κ3) is 5.28. The van der Waals surface area contributed by atoms with Crippen LogP contribution in [0.3, 0.4) is 0 Å². The third-order valence-electron chi connectivity index (χ3n) is 5.53. The number of pyridine rings is 1. The van der Waals surface area contributed by atoms with Gasteiger partial charge in [-0.25, -0.2) is 9.97 Å². The van der Waals surface area contributed by atoms with Crippen molar-refractivity contribution in [2.45, 2.75) is 45.1 Å². The Morgan fingerprint density at radius 3 is 2.55 bits per heavy atom. The summed E-state index contributed by atoms with van der Waals surface area (Å²) < 4.78 is 7.34. The Hall–Kier alpha value is -3.94. The number of hydrogen-bond donors (Lipinski definition) is 2. The van der Waals surface area contributed by atoms with E-state index in [0.717, 1.165) is 16.8 Å². The van der Waals surface area contributed by atoms with Crippen LogP contribution in [0.15, 0.2) is 65.7 Å². The Kier molecular flexibility index (Phi) is 6.00. The predicted molar refractivity (Wildman–Crippen MR) is 125 cm³/mol. The Morgan fingerprint density at radius 2 is 1.91 bits per heavy atom. The molecular weight excluding hydrogens is 418 g/mol. The fourth-order valence-electron chi connectivity index (χ4n) is 3.60. The number of hydrogen-bond acceptors (Lipinski definition) is 6. The highest BCUT2D eigenvalue weighted by Crippen LogP contribution is 2.27. The van der Waals surface area contributed by atoms with Gasteiger partial charge in [-0.1, -0.05) is 56.3 Å². The molecule has 3 aromatic heterocycles. The lowest BCUT2D eigenvalue weighted by molar-refractivity contribution is -0.138. The summed E-state index contributed by atoms with van der Waals surface area (Å²) in [6.45, 7) is 6.95. The van der Waals surface area contributed by atoms with Crippen molar-refractivity contribution in [2.24, 2.45) is 0 Å². The molecule has 0 saturated heterocycles. The van der Waals surface area contributed by atoms with Crippen molar-refractivity contribution in [2.75, 3.05) is 5.73 Å². The van der Waals surface area contributed by atoms with Gasteiger partial charge in [0.05, 0.1) is 18.6 Å². The molecule has 3 heterocycles. The minimum atomic E-state index is -0.945. The van der Waals surface area contributed by atoms with E-state index in [1.807, 2.05) is 18.2 Å². The Morgan fingerprint density at radius 1 is 1.15 bits per heavy atom. The second-order valence-electron chi connectivity index (χ2n) is 9.17. The second kappa shape index (κ2) is 8.90. The Bertz CT molecular complexity index is 1230. The summed E-state index contributed by atoms with van der Waals surface area (Å²) in [5.74, 6) is -0.650. The quantitative estimate of drug-likeness (QED) is 0.436. The zero-order valence-electron chi connectivity index (χ0n) is 18.9. The van der Waals surface area contributed by atoms with Crippen LogP contribution in [0.5, 0.6) is 0 Å². The van der Waals surface area contributed by atoms with Crippen molar-refractivity contribution in [3.63, 3.8) is 0 Å². The van der Waals surface area contributed by atoms with Crippen LogP contribution in [0.25, 0.3) is 11.3 Å². The van der Waals surface area contributed by atoms with E-state index in [1.54, 1.807) is 35.4 Å². The first-order valence-corrected chi connectivity index (χ1v) is 10.7. The number of aromatic nitrogens is 4. The summed E-state index contributed by atoms with van der Waals surface area (Å²) in [6, 6.07) is 13.6. The predicted octanol–water partition coefficient (Wildman–Crippen LogP) is 4.27. The van der Waals surface area contributed by atoms with Gasteiger partial charge in [-0.15, -0.1) is 0 Å². The maximum absolute atomic E-state index is 11.9. The molecule has 1 unspecified atom stereocenters. The SMILES string of the molecule is CC(C)(C)c1ccc(-c2cc(Cn3cnc(C(Cc4ccc(N)nc4)C(=O)O)c3)no2)cc1. The Balaban J connectivity index is 1.46. The summed E-state index contributed by atoms with van der Waals surface area (Å²) >= 11 is 0. The standard InChI is InChI=1S/C25H27N5O3/c1-25(2,3)18-7-5-17(6-8-18)22-11-19(29-33-22)13-30-14-21(28-15-30)20(24(31)32)10-16-4-9-23(26)27-12-16/h4-9,11-12,14-15,20H,10,13H2,1-3H3,(H2,26,27)(H,31,32). The van der Waals surface area contributed by atoms with Gasteiger partial charge in [0.1, 0.15) is 17.4 Å². The van der Waals surface area contributed by atoms with Crippen LogP contribution < -0.4 is 5.73 Å². The lowest BCUT2D eigenvalue weighted by Crippen LogP contribution is -2.15. The summed E-state index contributed by atoms with van der Waals surface area (Å²) in [5.41, 5.74) is 9.88. The molecular formula is C25H27N5O3. The van der Waals surface area contributed by atoms with Crippen molar-refractivity contribution in [1.82, 2.24) is 19.7 Å². The number of carboxylic acid groups (broad SMARTS) is 1. The zero-order chi connectivity index (χ0) is 23.6. The lowest BCUT2D eigenvalue weighted by Gasteiger charge is -2.18. The first-order valence-electron chi connectivity index (χ1n) is 10.7. The van der Waals surface area contributed by atoms with Crippen LogP contribution in [0.1, 0.15) is 49.2 Å². The van der Waals surface area contributed by atoms with Gasteiger partial charge in [0.2, 0.25) is 0 Å². The molecule has 0 saturated carbocycles. The molecule has 0 bridgehead atoms. The van der Waals surface area contributed by atoms with Gasteiger partial charge in [0.15, 0.2) is 5.76 Å². The molecule has 0 fully saturated rings. The normalized spacial score (nSPS) is 12.6. The van der Waals surface area contributed by atoms with Crippen LogP contribution in [0.4, 0.5) is 5.82 Å². The highest BCUT2D eigenvalue weighted by Gasteiger charge is 2.23. The molecule has 0 aliphatic heterocycles. The smallest absolute Gasteiger partial charge is 0.312 e. The monoisotopic (exact) mass is 445 g/mol. The van der Waals surface area contributed by atoms with E-state index in [1.165, 1.54) is 5.56 Å². The number of carboxylic acids is 1. The largest absolute Gasteiger partial charge is 0.481 e. The molecule has 1 aromatic carbocycles. The number of benzene rings is 1. The summed E-state index contributed by atoms with van der Waals surface area (Å²) in [7, 11) is 0. The van der Waals surface area contributed by atoms with E-state index in [0.29, 0.717) is 23.8 Å². The average Bonchev–Trinajstić information content (AvgIpc) is 3.43. The second-order valence-corrected chi connectivity index (χ2v) is 9.17. The summed E-state index contributed by atoms with van der Waals surface area (Å²) in [4.78, 5) is 20.2. The van der Waals surface area contributed by atoms with E-state index < -0.39 is 11.9 Å². The number of aliphatic carboxylic acids is 1. The van der Waals surface area contributed by atoms with Crippen LogP contribution >= 0.6 is 0 Å². The summed E-state index contributed by atoms with van der Waals surface area (Å²) in [5, 5.41) is 13.9. The van der Waals surface area contributed by atoms with Crippen molar-refractivity contribution >= 4 is 11.8 Å². The maximum atomic E-state index is 11.9. The van der Waals surface area contributed by atoms with Gasteiger partial charge >= 0.3 is 5.97 Å². The molecule has 0 spiro atoms. The topological polar surface area (TPSA) is 120 Å². The van der Waals surface area contributed by atoms with Crippen LogP contribution in [-0.2, 0) is 23.2 Å². The first kappa shape index (κ1) is 22.3. The highest BCUT2D eigenvalue weighted by molar-refractivity contribution is 5.75. The highest BCUT2D eigenvalue weighted by atomic mass is 16.5. The van der Waals surface area contributed by atoms with Crippen molar-refractivity contribution in [3.8, 4) is 11.3 Å². The van der Waals surface area contributed by atoms with E-state index in [-0.39, 0.29) is 11.8 Å². The molecule has 4 aromatic rings. The van der Waals surface area contributed by atoms with E-state index in [2.05, 4.69) is 48.0 Å². The molecule has 3 N–H and O–H groups in total. The Labute approximate surface area is 192 Å². The molecule has 1 atom stereocenters. The minimum Gasteiger partial charge on any atom is -0.481 e. The molecule has 8 nitrogen and oxygen atoms in total. The maximum Gasteiger partial charge on any atom is 0.312 e. The van der Waals surface area contributed by atoms with E-state index >= 15 is 0 Å². The average molecular weight is 446 g/mol. The zero-order valence-corrected chi connectivity index (χ0v) is 18.9. The molecule has 8 heteroatoms. The first-order chi connectivity index (χ1) is 15.7. The number of nitrogen functional groups attached to an aromatic ring is 1. The molecule has 170 valence electrons. The molecule has 0 aliphatic carbocycles. The van der Waals surface area contributed by atoms with Crippen molar-refractivity contribution < 1.29 is 14.4 Å². The fraction of sp³-hybridized carbons (Fsp3) is 0.280. The number of imidazole rings is 1. The molecule has 0 aliphatic rings. The summed E-state index contributed by atoms with van der Waals surface area (Å²) in [6.07, 6.45) is 5.21. The van der Waals surface area contributed by atoms with Crippen LogP contribution in [0.2, 0.25) is 0 Å². The van der Waals surface area contributed by atoms with Crippen molar-refractivity contribution in [3.05, 3.63) is 83.7 Å². The fourth-order valence-corrected chi connectivity index (χ4v) is 3.60. The molecule has 0 radical (unpaired) electrons. The number of anilines is 1. The molecule has 33 heavy (non-hydrogen) atoms. The lowest BCUT2D eigenvalue weighted by atomic mass is 9.86. The van der Waals surface area contributed by atoms with Gasteiger partial charge < -0.3 is 19.9 Å². The third-order valence-corrected chi connectivity index (χ3v) is 5.53.